The van der Waals surface area contributed by atoms with Crippen LogP contribution in [0.3, 0.4) is 0 Å². The Morgan fingerprint density at radius 3 is 2.69 bits per heavy atom. The van der Waals surface area contributed by atoms with Gasteiger partial charge in [-0.1, -0.05) is 24.3 Å². The quantitative estimate of drug-likeness (QED) is 0.644. The maximum absolute atomic E-state index is 12.5. The highest BCUT2D eigenvalue weighted by Crippen LogP contribution is 2.34. The highest BCUT2D eigenvalue weighted by molar-refractivity contribution is 7.90. The lowest BCUT2D eigenvalue weighted by Gasteiger charge is -2.18. The molecule has 1 fully saturated rings. The van der Waals surface area contributed by atoms with E-state index < -0.39 is 10.2 Å². The fourth-order valence-corrected chi connectivity index (χ4v) is 5.18. The van der Waals surface area contributed by atoms with Crippen molar-refractivity contribution >= 4 is 32.6 Å². The lowest BCUT2D eigenvalue weighted by molar-refractivity contribution is 0.469. The van der Waals surface area contributed by atoms with Crippen LogP contribution in [0.4, 0.5) is 11.5 Å². The van der Waals surface area contributed by atoms with Crippen molar-refractivity contribution in [1.82, 2.24) is 9.29 Å². The Morgan fingerprint density at radius 2 is 1.86 bits per heavy atom. The second-order valence-electron chi connectivity index (χ2n) is 7.89. The molecule has 2 aliphatic carbocycles. The van der Waals surface area contributed by atoms with Gasteiger partial charge >= 0.3 is 10.2 Å². The highest BCUT2D eigenvalue weighted by atomic mass is 32.2. The Kier molecular flexibility index (Phi) is 4.44. The van der Waals surface area contributed by atoms with Crippen LogP contribution in [0, 0.1) is 0 Å². The van der Waals surface area contributed by atoms with E-state index in [1.807, 2.05) is 24.3 Å². The number of nitrogens with one attached hydrogen (secondary N) is 2. The molecule has 1 atom stereocenters. The van der Waals surface area contributed by atoms with Crippen molar-refractivity contribution in [1.29, 1.82) is 0 Å². The molecule has 5 rings (SSSR count). The number of nitrogens with zero attached hydrogens (tertiary/aromatic N) is 2. The second-order valence-corrected chi connectivity index (χ2v) is 9.62. The molecule has 2 aromatic carbocycles. The fourth-order valence-electron chi connectivity index (χ4n) is 4.01. The molecule has 6 nitrogen and oxygen atoms in total. The number of anilines is 2. The average Bonchev–Trinajstić information content (AvgIpc) is 3.49. The lowest BCUT2D eigenvalue weighted by atomic mass is 10.1. The maximum atomic E-state index is 12.5. The standard InChI is InChI=1S/C22H24N4O2S/c1-26(18-9-10-18)29(27,28)25-17-8-12-20-16(14-17)7-13-22(23-20)24-21-11-6-15-4-2-3-5-19(15)21/h2-5,7-8,12-14,18,21,25H,6,9-11H2,1H3,(H,23,24)/t21-/m1/s1. The van der Waals surface area contributed by atoms with Crippen LogP contribution in [0.5, 0.6) is 0 Å². The van der Waals surface area contributed by atoms with Crippen LogP contribution >= 0.6 is 0 Å². The maximum Gasteiger partial charge on any atom is 0.301 e. The molecule has 2 N–H and O–H groups in total. The molecule has 150 valence electrons. The predicted octanol–water partition coefficient (Wildman–Crippen LogP) is 4.09. The van der Waals surface area contributed by atoms with Gasteiger partial charge < -0.3 is 5.32 Å². The number of fused-ring (bicyclic) bond motifs is 2. The van der Waals surface area contributed by atoms with Crippen molar-refractivity contribution in [3.8, 4) is 0 Å². The summed E-state index contributed by atoms with van der Waals surface area (Å²) < 4.78 is 29.0. The van der Waals surface area contributed by atoms with Crippen molar-refractivity contribution in [2.45, 2.75) is 37.8 Å². The first-order chi connectivity index (χ1) is 14.0. The van der Waals surface area contributed by atoms with Gasteiger partial charge in [-0.2, -0.15) is 12.7 Å². The van der Waals surface area contributed by atoms with Gasteiger partial charge in [-0.3, -0.25) is 4.72 Å². The van der Waals surface area contributed by atoms with Gasteiger partial charge in [0.1, 0.15) is 5.82 Å². The van der Waals surface area contributed by atoms with E-state index in [4.69, 9.17) is 4.98 Å². The number of benzene rings is 2. The first kappa shape index (κ1) is 18.4. The van der Waals surface area contributed by atoms with Gasteiger partial charge in [-0.15, -0.1) is 0 Å². The molecule has 2 aliphatic rings. The van der Waals surface area contributed by atoms with Crippen LogP contribution < -0.4 is 10.0 Å². The summed E-state index contributed by atoms with van der Waals surface area (Å²) in [7, 11) is -1.89. The number of hydrogen-bond acceptors (Lipinski definition) is 4. The summed E-state index contributed by atoms with van der Waals surface area (Å²) in [5, 5.41) is 4.45. The molecule has 0 aliphatic heterocycles. The molecule has 0 spiro atoms. The topological polar surface area (TPSA) is 74.3 Å². The Bertz CT molecular complexity index is 1170. The highest BCUT2D eigenvalue weighted by Gasteiger charge is 2.34. The van der Waals surface area contributed by atoms with Crippen molar-refractivity contribution < 1.29 is 8.42 Å². The third-order valence-corrected chi connectivity index (χ3v) is 7.38. The van der Waals surface area contributed by atoms with Crippen molar-refractivity contribution in [3.05, 3.63) is 65.7 Å². The molecule has 0 saturated heterocycles. The van der Waals surface area contributed by atoms with Gasteiger partial charge in [0.2, 0.25) is 0 Å². The molecule has 0 amide bonds. The lowest BCUT2D eigenvalue weighted by Crippen LogP contribution is -2.34. The minimum Gasteiger partial charge on any atom is -0.363 e. The van der Waals surface area contributed by atoms with Crippen LogP contribution in [-0.4, -0.2) is 30.8 Å². The normalized spacial score (nSPS) is 18.8. The van der Waals surface area contributed by atoms with Gasteiger partial charge in [0.25, 0.3) is 0 Å². The van der Waals surface area contributed by atoms with E-state index >= 15 is 0 Å². The third-order valence-electron chi connectivity index (χ3n) is 5.83. The van der Waals surface area contributed by atoms with Gasteiger partial charge in [-0.25, -0.2) is 4.98 Å². The minimum absolute atomic E-state index is 0.129. The molecule has 0 bridgehead atoms. The molecular formula is C22H24N4O2S. The van der Waals surface area contributed by atoms with Crippen LogP contribution in [-0.2, 0) is 16.6 Å². The zero-order valence-electron chi connectivity index (χ0n) is 16.3. The molecule has 3 aromatic rings. The van der Waals surface area contributed by atoms with E-state index in [1.54, 1.807) is 13.1 Å². The molecule has 29 heavy (non-hydrogen) atoms. The van der Waals surface area contributed by atoms with E-state index in [2.05, 4.69) is 34.3 Å². The summed E-state index contributed by atoms with van der Waals surface area (Å²) in [5.41, 5.74) is 4.13. The molecule has 0 unspecified atom stereocenters. The Labute approximate surface area is 171 Å². The Balaban J connectivity index is 1.35. The average molecular weight is 409 g/mol. The molecule has 1 aromatic heterocycles. The number of aromatic nitrogens is 1. The first-order valence-corrected chi connectivity index (χ1v) is 11.4. The van der Waals surface area contributed by atoms with Crippen LogP contribution in [0.25, 0.3) is 10.9 Å². The Hall–Kier alpha value is -2.64. The summed E-state index contributed by atoms with van der Waals surface area (Å²) in [6, 6.07) is 18.3. The number of aryl methyl sites for hydroxylation is 1. The molecule has 7 heteroatoms. The Morgan fingerprint density at radius 1 is 1.03 bits per heavy atom. The van der Waals surface area contributed by atoms with Crippen LogP contribution in [0.1, 0.15) is 36.4 Å². The molecule has 1 saturated carbocycles. The van der Waals surface area contributed by atoms with E-state index in [0.29, 0.717) is 5.69 Å². The van der Waals surface area contributed by atoms with E-state index in [0.717, 1.165) is 42.4 Å². The number of hydrogen-bond donors (Lipinski definition) is 2. The summed E-state index contributed by atoms with van der Waals surface area (Å²) in [6.07, 6.45) is 4.01. The largest absolute Gasteiger partial charge is 0.363 e. The van der Waals surface area contributed by atoms with Crippen molar-refractivity contribution in [2.24, 2.45) is 0 Å². The number of rotatable bonds is 6. The van der Waals surface area contributed by atoms with Gasteiger partial charge in [-0.05, 0) is 67.1 Å². The second kappa shape index (κ2) is 7.00. The molecule has 1 heterocycles. The third kappa shape index (κ3) is 3.68. The van der Waals surface area contributed by atoms with E-state index in [9.17, 15) is 8.42 Å². The fraction of sp³-hybridized carbons (Fsp3) is 0.318. The number of pyridine rings is 1. The molecular weight excluding hydrogens is 384 g/mol. The summed E-state index contributed by atoms with van der Waals surface area (Å²) in [4.78, 5) is 4.72. The van der Waals surface area contributed by atoms with Gasteiger partial charge in [0, 0.05) is 18.5 Å². The van der Waals surface area contributed by atoms with Gasteiger partial charge in [0.05, 0.1) is 17.2 Å². The summed E-state index contributed by atoms with van der Waals surface area (Å²) in [6.45, 7) is 0. The predicted molar refractivity (Wildman–Crippen MR) is 116 cm³/mol. The SMILES string of the molecule is CN(C1CC1)S(=O)(=O)Nc1ccc2nc(N[C@@H]3CCc4ccccc43)ccc2c1. The molecule has 0 radical (unpaired) electrons. The zero-order valence-corrected chi connectivity index (χ0v) is 17.1. The summed E-state index contributed by atoms with van der Waals surface area (Å²) >= 11 is 0. The summed E-state index contributed by atoms with van der Waals surface area (Å²) in [5.74, 6) is 0.834. The first-order valence-electron chi connectivity index (χ1n) is 10.0. The van der Waals surface area contributed by atoms with Crippen LogP contribution in [0.2, 0.25) is 0 Å². The smallest absolute Gasteiger partial charge is 0.301 e. The monoisotopic (exact) mass is 408 g/mol. The van der Waals surface area contributed by atoms with Crippen molar-refractivity contribution in [2.75, 3.05) is 17.1 Å². The minimum atomic E-state index is -3.52. The van der Waals surface area contributed by atoms with Gasteiger partial charge in [0.15, 0.2) is 0 Å². The van der Waals surface area contributed by atoms with E-state index in [1.165, 1.54) is 15.4 Å². The van der Waals surface area contributed by atoms with E-state index in [-0.39, 0.29) is 12.1 Å². The zero-order chi connectivity index (χ0) is 20.0. The van der Waals surface area contributed by atoms with Crippen molar-refractivity contribution in [3.63, 3.8) is 0 Å². The van der Waals surface area contributed by atoms with Crippen LogP contribution in [0.15, 0.2) is 54.6 Å².